The fraction of sp³-hybridized carbons (Fsp3) is 0.231. The molecule has 0 saturated carbocycles. The van der Waals surface area contributed by atoms with E-state index in [9.17, 15) is 18.4 Å². The van der Waals surface area contributed by atoms with Crippen LogP contribution in [0, 0.1) is 11.6 Å². The Kier molecular flexibility index (Phi) is 3.69. The fourth-order valence-corrected chi connectivity index (χ4v) is 1.85. The summed E-state index contributed by atoms with van der Waals surface area (Å²) in [5, 5.41) is 2.53. The van der Waals surface area contributed by atoms with E-state index in [4.69, 9.17) is 0 Å². The molecule has 7 heteroatoms. The number of halogens is 2. The first-order chi connectivity index (χ1) is 9.41. The number of nitrogens with zero attached hydrogens (tertiary/aromatic N) is 2. The highest BCUT2D eigenvalue weighted by atomic mass is 19.1. The van der Waals surface area contributed by atoms with E-state index in [-0.39, 0.29) is 17.8 Å². The fourth-order valence-electron chi connectivity index (χ4n) is 1.85. The average molecular weight is 281 g/mol. The van der Waals surface area contributed by atoms with E-state index in [0.29, 0.717) is 0 Å². The molecule has 0 aliphatic carbocycles. The van der Waals surface area contributed by atoms with Gasteiger partial charge < -0.3 is 9.88 Å². The third-order valence-electron chi connectivity index (χ3n) is 2.94. The number of hydrogen-bond acceptors (Lipinski definition) is 3. The topological polar surface area (TPSA) is 56.0 Å². The predicted molar refractivity (Wildman–Crippen MR) is 70.6 cm³/mol. The molecule has 1 N–H and O–H groups in total. The molecular weight excluding hydrogens is 268 g/mol. The highest BCUT2D eigenvalue weighted by Crippen LogP contribution is 2.18. The Morgan fingerprint density at radius 3 is 2.35 bits per heavy atom. The molecular formula is C13H13F2N3O2. The normalized spacial score (nSPS) is 10.6. The van der Waals surface area contributed by atoms with E-state index in [0.717, 1.165) is 16.7 Å². The lowest BCUT2D eigenvalue weighted by molar-refractivity contribution is 0.587. The zero-order valence-electron chi connectivity index (χ0n) is 11.0. The van der Waals surface area contributed by atoms with Crippen molar-refractivity contribution < 1.29 is 8.78 Å². The molecule has 0 fully saturated rings. The Labute approximate surface area is 113 Å². The van der Waals surface area contributed by atoms with Gasteiger partial charge in [-0.25, -0.2) is 13.6 Å². The monoisotopic (exact) mass is 281 g/mol. The Bertz CT molecular complexity index is 745. The summed E-state index contributed by atoms with van der Waals surface area (Å²) < 4.78 is 29.0. The SMILES string of the molecule is Cn1cc(CNc2c(F)cccc2F)c(=O)n(C)c1=O. The highest BCUT2D eigenvalue weighted by Gasteiger charge is 2.10. The molecule has 5 nitrogen and oxygen atoms in total. The summed E-state index contributed by atoms with van der Waals surface area (Å²) in [6.45, 7) is -0.0847. The van der Waals surface area contributed by atoms with Gasteiger partial charge in [-0.3, -0.25) is 9.36 Å². The van der Waals surface area contributed by atoms with Crippen molar-refractivity contribution >= 4 is 5.69 Å². The van der Waals surface area contributed by atoms with Gasteiger partial charge in [0.2, 0.25) is 0 Å². The Hall–Kier alpha value is -2.44. The molecule has 1 aromatic carbocycles. The van der Waals surface area contributed by atoms with E-state index in [2.05, 4.69) is 5.32 Å². The number of benzene rings is 1. The number of nitrogens with one attached hydrogen (secondary N) is 1. The molecule has 0 amide bonds. The summed E-state index contributed by atoms with van der Waals surface area (Å²) in [6.07, 6.45) is 1.34. The zero-order chi connectivity index (χ0) is 14.9. The van der Waals surface area contributed by atoms with Crippen LogP contribution < -0.4 is 16.6 Å². The Morgan fingerprint density at radius 2 is 1.75 bits per heavy atom. The lowest BCUT2D eigenvalue weighted by Crippen LogP contribution is -2.38. The van der Waals surface area contributed by atoms with Crippen LogP contribution in [0.2, 0.25) is 0 Å². The Morgan fingerprint density at radius 1 is 1.15 bits per heavy atom. The van der Waals surface area contributed by atoms with Crippen LogP contribution in [-0.2, 0) is 20.6 Å². The van der Waals surface area contributed by atoms with Crippen LogP contribution in [0.15, 0.2) is 34.0 Å². The second kappa shape index (κ2) is 5.28. The van der Waals surface area contributed by atoms with E-state index < -0.39 is 22.9 Å². The minimum absolute atomic E-state index is 0.0847. The summed E-state index contributed by atoms with van der Waals surface area (Å²) in [5.74, 6) is -1.49. The second-order valence-electron chi connectivity index (χ2n) is 4.36. The zero-order valence-corrected chi connectivity index (χ0v) is 11.0. The maximum absolute atomic E-state index is 13.4. The van der Waals surface area contributed by atoms with Gasteiger partial charge in [-0.2, -0.15) is 0 Å². The summed E-state index contributed by atoms with van der Waals surface area (Å²) in [5.41, 5.74) is -1.03. The molecule has 0 bridgehead atoms. The van der Waals surface area contributed by atoms with Gasteiger partial charge in [0.25, 0.3) is 5.56 Å². The van der Waals surface area contributed by atoms with Crippen molar-refractivity contribution in [2.75, 3.05) is 5.32 Å². The molecule has 0 aliphatic heterocycles. The summed E-state index contributed by atoms with van der Waals surface area (Å²) in [7, 11) is 2.84. The molecule has 2 rings (SSSR count). The number of aryl methyl sites for hydroxylation is 1. The van der Waals surface area contributed by atoms with Crippen molar-refractivity contribution in [3.63, 3.8) is 0 Å². The van der Waals surface area contributed by atoms with Crippen LogP contribution in [0.1, 0.15) is 5.56 Å². The van der Waals surface area contributed by atoms with Crippen molar-refractivity contribution in [2.45, 2.75) is 6.54 Å². The molecule has 0 unspecified atom stereocenters. The Balaban J connectivity index is 2.33. The quantitative estimate of drug-likeness (QED) is 0.912. The van der Waals surface area contributed by atoms with Crippen molar-refractivity contribution in [3.05, 3.63) is 62.4 Å². The number of para-hydroxylation sites is 1. The molecule has 1 aromatic heterocycles. The predicted octanol–water partition coefficient (Wildman–Crippen LogP) is 0.974. The third-order valence-corrected chi connectivity index (χ3v) is 2.94. The second-order valence-corrected chi connectivity index (χ2v) is 4.36. The average Bonchev–Trinajstić information content (AvgIpc) is 2.41. The minimum Gasteiger partial charge on any atom is -0.376 e. The number of hydrogen-bond donors (Lipinski definition) is 1. The van der Waals surface area contributed by atoms with Crippen LogP contribution in [0.3, 0.4) is 0 Å². The van der Waals surface area contributed by atoms with Crippen LogP contribution in [0.5, 0.6) is 0 Å². The molecule has 0 spiro atoms. The molecule has 1 heterocycles. The molecule has 0 aliphatic rings. The molecule has 20 heavy (non-hydrogen) atoms. The van der Waals surface area contributed by atoms with Crippen LogP contribution in [0.25, 0.3) is 0 Å². The third kappa shape index (κ3) is 2.47. The van der Waals surface area contributed by atoms with Gasteiger partial charge in [-0.05, 0) is 12.1 Å². The first kappa shape index (κ1) is 14.0. The maximum Gasteiger partial charge on any atom is 0.330 e. The van der Waals surface area contributed by atoms with Crippen LogP contribution in [-0.4, -0.2) is 9.13 Å². The van der Waals surface area contributed by atoms with Gasteiger partial charge >= 0.3 is 5.69 Å². The van der Waals surface area contributed by atoms with Crippen LogP contribution in [0.4, 0.5) is 14.5 Å². The first-order valence-electron chi connectivity index (χ1n) is 5.85. The van der Waals surface area contributed by atoms with E-state index in [1.165, 1.54) is 30.9 Å². The molecule has 0 saturated heterocycles. The van der Waals surface area contributed by atoms with E-state index >= 15 is 0 Å². The number of anilines is 1. The molecule has 0 atom stereocenters. The lowest BCUT2D eigenvalue weighted by atomic mass is 10.2. The highest BCUT2D eigenvalue weighted by molar-refractivity contribution is 5.46. The minimum atomic E-state index is -0.744. The van der Waals surface area contributed by atoms with Crippen molar-refractivity contribution in [2.24, 2.45) is 14.1 Å². The van der Waals surface area contributed by atoms with Crippen molar-refractivity contribution in [3.8, 4) is 0 Å². The summed E-state index contributed by atoms with van der Waals surface area (Å²) in [4.78, 5) is 23.4. The largest absolute Gasteiger partial charge is 0.376 e. The standard InChI is InChI=1S/C13H13F2N3O2/c1-17-7-8(12(19)18(2)13(17)20)6-16-11-9(14)4-3-5-10(11)15/h3-5,7,16H,6H2,1-2H3. The molecule has 106 valence electrons. The van der Waals surface area contributed by atoms with E-state index in [1.54, 1.807) is 0 Å². The number of rotatable bonds is 3. The van der Waals surface area contributed by atoms with Gasteiger partial charge in [-0.1, -0.05) is 6.07 Å². The van der Waals surface area contributed by atoms with E-state index in [1.807, 2.05) is 0 Å². The lowest BCUT2D eigenvalue weighted by Gasteiger charge is -2.10. The maximum atomic E-state index is 13.4. The van der Waals surface area contributed by atoms with Gasteiger partial charge in [-0.15, -0.1) is 0 Å². The van der Waals surface area contributed by atoms with Gasteiger partial charge in [0.1, 0.15) is 17.3 Å². The first-order valence-corrected chi connectivity index (χ1v) is 5.85. The van der Waals surface area contributed by atoms with Gasteiger partial charge in [0.05, 0.1) is 5.56 Å². The van der Waals surface area contributed by atoms with Gasteiger partial charge in [0, 0.05) is 26.8 Å². The summed E-state index contributed by atoms with van der Waals surface area (Å²) in [6, 6.07) is 3.48. The number of aromatic nitrogens is 2. The molecule has 2 aromatic rings. The van der Waals surface area contributed by atoms with Crippen LogP contribution >= 0.6 is 0 Å². The molecule has 0 radical (unpaired) electrons. The van der Waals surface area contributed by atoms with Crippen molar-refractivity contribution in [1.82, 2.24) is 9.13 Å². The van der Waals surface area contributed by atoms with Gasteiger partial charge in [0.15, 0.2) is 0 Å². The summed E-state index contributed by atoms with van der Waals surface area (Å²) >= 11 is 0. The van der Waals surface area contributed by atoms with Crippen molar-refractivity contribution in [1.29, 1.82) is 0 Å². The smallest absolute Gasteiger partial charge is 0.330 e.